The Labute approximate surface area is 148 Å². The molecule has 2 aliphatic heterocycles. The summed E-state index contributed by atoms with van der Waals surface area (Å²) in [6.07, 6.45) is 1.17. The van der Waals surface area contributed by atoms with E-state index in [1.54, 1.807) is 18.2 Å². The topological polar surface area (TPSA) is 126 Å². The first-order chi connectivity index (χ1) is 11.9. The molecule has 2 amide bonds. The molecule has 0 saturated carbocycles. The summed E-state index contributed by atoms with van der Waals surface area (Å²) in [7, 11) is 0. The lowest BCUT2D eigenvalue weighted by atomic mass is 9.85. The molecule has 1 aromatic rings. The van der Waals surface area contributed by atoms with Crippen LogP contribution in [0.2, 0.25) is 0 Å². The minimum absolute atomic E-state index is 0.0135. The van der Waals surface area contributed by atoms with E-state index in [0.29, 0.717) is 29.4 Å². The van der Waals surface area contributed by atoms with Crippen LogP contribution in [0.5, 0.6) is 0 Å². The van der Waals surface area contributed by atoms with Gasteiger partial charge in [-0.3, -0.25) is 9.59 Å². The number of nitrogens with one attached hydrogen (secondary N) is 1. The fourth-order valence-corrected chi connectivity index (χ4v) is 4.17. The van der Waals surface area contributed by atoms with Gasteiger partial charge < -0.3 is 21.1 Å². The predicted octanol–water partition coefficient (Wildman–Crippen LogP) is 1.27. The van der Waals surface area contributed by atoms with Gasteiger partial charge >= 0.3 is 5.97 Å². The minimum Gasteiger partial charge on any atom is -0.477 e. The molecule has 132 valence electrons. The van der Waals surface area contributed by atoms with E-state index in [1.807, 2.05) is 6.92 Å². The molecule has 2 atom stereocenters. The lowest BCUT2D eigenvalue weighted by Gasteiger charge is -2.42. The lowest BCUT2D eigenvalue weighted by molar-refractivity contribution is -0.155. The fourth-order valence-electron chi connectivity index (χ4n) is 3.18. The summed E-state index contributed by atoms with van der Waals surface area (Å²) in [4.78, 5) is 41.6. The van der Waals surface area contributed by atoms with Crippen molar-refractivity contribution in [3.8, 4) is 0 Å². The molecular weight excluding hydrogens is 344 g/mol. The van der Waals surface area contributed by atoms with E-state index in [-0.39, 0.29) is 35.2 Å². The summed E-state index contributed by atoms with van der Waals surface area (Å²) in [5.74, 6) is -1.04. The monoisotopic (exact) mass is 362 g/mol. The number of rotatable bonds is 6. The largest absolute Gasteiger partial charge is 0.477 e. The molecule has 8 nitrogen and oxygen atoms in total. The summed E-state index contributed by atoms with van der Waals surface area (Å²) in [5, 5.41) is 12.0. The van der Waals surface area contributed by atoms with E-state index in [9.17, 15) is 19.5 Å². The summed E-state index contributed by atoms with van der Waals surface area (Å²) < 4.78 is 0. The standard InChI is InChI=1S/C16H18N4O4S/c1-2-8-9-6-10(14(16(23)24)20(9)15(8)22)25-7-13(21)19-12-5-3-4-11(17)18-12/h3-5,8-9H,2,6-7H2,1H3,(H,23,24)(H3,17,18,19,21)/t8-,9-/m1/s1. The molecule has 4 N–H and O–H groups in total. The van der Waals surface area contributed by atoms with E-state index in [1.165, 1.54) is 4.90 Å². The normalized spacial score (nSPS) is 21.8. The van der Waals surface area contributed by atoms with E-state index in [2.05, 4.69) is 10.3 Å². The zero-order chi connectivity index (χ0) is 18.1. The summed E-state index contributed by atoms with van der Waals surface area (Å²) in [5.41, 5.74) is 5.57. The average molecular weight is 362 g/mol. The molecule has 1 aromatic heterocycles. The fraction of sp³-hybridized carbons (Fsp3) is 0.375. The molecule has 9 heteroatoms. The maximum absolute atomic E-state index is 12.1. The number of carboxylic acid groups (broad SMARTS) is 1. The van der Waals surface area contributed by atoms with Crippen molar-refractivity contribution in [3.05, 3.63) is 28.8 Å². The molecular formula is C16H18N4O4S. The van der Waals surface area contributed by atoms with Crippen LogP contribution < -0.4 is 11.1 Å². The summed E-state index contributed by atoms with van der Waals surface area (Å²) >= 11 is 1.15. The highest BCUT2D eigenvalue weighted by Gasteiger charge is 2.54. The number of nitrogen functional groups attached to an aromatic ring is 1. The number of nitrogens with zero attached hydrogens (tertiary/aromatic N) is 2. The highest BCUT2D eigenvalue weighted by atomic mass is 32.2. The Morgan fingerprint density at radius 2 is 2.24 bits per heavy atom. The van der Waals surface area contributed by atoms with Gasteiger partial charge in [0.25, 0.3) is 0 Å². The number of carbonyl (C=O) groups excluding carboxylic acids is 2. The van der Waals surface area contributed by atoms with Gasteiger partial charge in [-0.1, -0.05) is 13.0 Å². The van der Waals surface area contributed by atoms with Crippen molar-refractivity contribution in [2.24, 2.45) is 5.92 Å². The van der Waals surface area contributed by atoms with Crippen molar-refractivity contribution in [1.29, 1.82) is 0 Å². The Morgan fingerprint density at radius 3 is 2.88 bits per heavy atom. The van der Waals surface area contributed by atoms with Gasteiger partial charge in [0, 0.05) is 11.3 Å². The third-order valence-corrected chi connectivity index (χ3v) is 5.42. The van der Waals surface area contributed by atoms with E-state index >= 15 is 0 Å². The van der Waals surface area contributed by atoms with Crippen molar-refractivity contribution in [2.45, 2.75) is 25.8 Å². The third-order valence-electron chi connectivity index (χ3n) is 4.31. The van der Waals surface area contributed by atoms with Crippen LogP contribution in [0, 0.1) is 5.92 Å². The second kappa shape index (κ2) is 6.75. The Bertz CT molecular complexity index is 779. The zero-order valence-corrected chi connectivity index (χ0v) is 14.4. The Morgan fingerprint density at radius 1 is 1.48 bits per heavy atom. The minimum atomic E-state index is -1.13. The molecule has 3 rings (SSSR count). The quantitative estimate of drug-likeness (QED) is 0.651. The number of hydrogen-bond donors (Lipinski definition) is 3. The van der Waals surface area contributed by atoms with Crippen molar-refractivity contribution in [2.75, 3.05) is 16.8 Å². The number of carbonyl (C=O) groups is 3. The smallest absolute Gasteiger partial charge is 0.353 e. The number of anilines is 2. The van der Waals surface area contributed by atoms with Gasteiger partial charge in [-0.05, 0) is 18.6 Å². The second-order valence-electron chi connectivity index (χ2n) is 5.86. The SMILES string of the molecule is CC[C@H]1C(=O)N2C(C(=O)O)=C(SCC(=O)Nc3cccc(N)n3)C[C@H]12. The van der Waals surface area contributed by atoms with Gasteiger partial charge in [-0.25, -0.2) is 9.78 Å². The molecule has 3 heterocycles. The molecule has 0 spiro atoms. The van der Waals surface area contributed by atoms with Gasteiger partial charge in [-0.15, -0.1) is 11.8 Å². The number of aliphatic carboxylic acids is 1. The number of carboxylic acids is 1. The zero-order valence-electron chi connectivity index (χ0n) is 13.6. The number of amides is 2. The maximum Gasteiger partial charge on any atom is 0.353 e. The molecule has 0 radical (unpaired) electrons. The van der Waals surface area contributed by atoms with Crippen molar-refractivity contribution in [1.82, 2.24) is 9.88 Å². The van der Waals surface area contributed by atoms with Crippen LogP contribution in [0.15, 0.2) is 28.8 Å². The van der Waals surface area contributed by atoms with Crippen LogP contribution in [0.1, 0.15) is 19.8 Å². The van der Waals surface area contributed by atoms with E-state index in [0.717, 1.165) is 11.8 Å². The number of nitrogens with two attached hydrogens (primary N) is 1. The van der Waals surface area contributed by atoms with Gasteiger partial charge in [0.15, 0.2) is 0 Å². The van der Waals surface area contributed by atoms with Gasteiger partial charge in [-0.2, -0.15) is 0 Å². The van der Waals surface area contributed by atoms with Gasteiger partial charge in [0.1, 0.15) is 17.3 Å². The predicted molar refractivity (Wildman–Crippen MR) is 93.4 cm³/mol. The molecule has 0 bridgehead atoms. The van der Waals surface area contributed by atoms with Crippen molar-refractivity contribution < 1.29 is 19.5 Å². The average Bonchev–Trinajstić information content (AvgIpc) is 2.88. The van der Waals surface area contributed by atoms with E-state index in [4.69, 9.17) is 5.73 Å². The first kappa shape index (κ1) is 17.3. The molecule has 2 aliphatic rings. The molecule has 1 fully saturated rings. The number of thioether (sulfide) groups is 1. The highest BCUT2D eigenvalue weighted by Crippen LogP contribution is 2.46. The molecule has 25 heavy (non-hydrogen) atoms. The molecule has 1 saturated heterocycles. The second-order valence-corrected chi connectivity index (χ2v) is 6.93. The first-order valence-corrected chi connectivity index (χ1v) is 8.85. The van der Waals surface area contributed by atoms with Crippen LogP contribution in [-0.4, -0.2) is 44.6 Å². The summed E-state index contributed by atoms with van der Waals surface area (Å²) in [6, 6.07) is 4.81. The van der Waals surface area contributed by atoms with Gasteiger partial charge in [0.05, 0.1) is 17.7 Å². The molecule has 0 aromatic carbocycles. The van der Waals surface area contributed by atoms with Crippen LogP contribution in [-0.2, 0) is 14.4 Å². The molecule has 0 aliphatic carbocycles. The van der Waals surface area contributed by atoms with Crippen LogP contribution >= 0.6 is 11.8 Å². The number of β-lactam (4-membered cyclic amide) rings is 1. The summed E-state index contributed by atoms with van der Waals surface area (Å²) in [6.45, 7) is 1.91. The first-order valence-electron chi connectivity index (χ1n) is 7.87. The van der Waals surface area contributed by atoms with Crippen LogP contribution in [0.25, 0.3) is 0 Å². The Balaban J connectivity index is 1.65. The van der Waals surface area contributed by atoms with Crippen LogP contribution in [0.3, 0.4) is 0 Å². The maximum atomic E-state index is 12.1. The number of aromatic nitrogens is 1. The number of hydrogen-bond acceptors (Lipinski definition) is 6. The Kier molecular flexibility index (Phi) is 4.67. The van der Waals surface area contributed by atoms with Gasteiger partial charge in [0.2, 0.25) is 11.8 Å². The van der Waals surface area contributed by atoms with Crippen molar-refractivity contribution >= 4 is 41.2 Å². The van der Waals surface area contributed by atoms with Crippen LogP contribution in [0.4, 0.5) is 11.6 Å². The van der Waals surface area contributed by atoms with E-state index < -0.39 is 5.97 Å². The highest BCUT2D eigenvalue weighted by molar-refractivity contribution is 8.03. The Hall–Kier alpha value is -2.55. The third kappa shape index (κ3) is 3.19. The number of pyridine rings is 1. The molecule has 0 unspecified atom stereocenters. The number of fused-ring (bicyclic) bond motifs is 1. The lowest BCUT2D eigenvalue weighted by Crippen LogP contribution is -2.58. The van der Waals surface area contributed by atoms with Crippen molar-refractivity contribution in [3.63, 3.8) is 0 Å².